The molecule has 0 radical (unpaired) electrons. The number of aryl methyl sites for hydroxylation is 1. The summed E-state index contributed by atoms with van der Waals surface area (Å²) in [5, 5.41) is 3.46. The summed E-state index contributed by atoms with van der Waals surface area (Å²) in [6.07, 6.45) is 0.712. The molecule has 0 saturated carbocycles. The summed E-state index contributed by atoms with van der Waals surface area (Å²) in [6, 6.07) is 14.4. The van der Waals surface area contributed by atoms with Gasteiger partial charge in [-0.1, -0.05) is 53.7 Å². The molecule has 2 N–H and O–H groups in total. The van der Waals surface area contributed by atoms with Gasteiger partial charge >= 0.3 is 0 Å². The van der Waals surface area contributed by atoms with Gasteiger partial charge in [0, 0.05) is 31.9 Å². The third-order valence-electron chi connectivity index (χ3n) is 4.49. The van der Waals surface area contributed by atoms with Gasteiger partial charge in [0.05, 0.1) is 16.5 Å². The standard InChI is InChI=1S/C21H23ClN4O3S2/c1-14-18(11-15-7-5-4-6-8-15)25-21(23-14)30-13-20(27)24-16-9-10-17(22)19(12-16)31(28,29)26(2)3/h4-10,12H,11,13H2,1-3H3,(H,23,25)(H,24,27). The molecule has 31 heavy (non-hydrogen) atoms. The lowest BCUT2D eigenvalue weighted by Crippen LogP contribution is -2.23. The number of imidazole rings is 1. The summed E-state index contributed by atoms with van der Waals surface area (Å²) in [5.41, 5.74) is 3.42. The number of sulfonamides is 1. The van der Waals surface area contributed by atoms with Crippen molar-refractivity contribution < 1.29 is 13.2 Å². The van der Waals surface area contributed by atoms with E-state index in [-0.39, 0.29) is 21.6 Å². The number of nitrogens with zero attached hydrogens (tertiary/aromatic N) is 2. The topological polar surface area (TPSA) is 95.2 Å². The van der Waals surface area contributed by atoms with Gasteiger partial charge in [0.25, 0.3) is 0 Å². The molecule has 1 heterocycles. The molecule has 3 rings (SSSR count). The zero-order valence-electron chi connectivity index (χ0n) is 17.3. The number of aromatic amines is 1. The highest BCUT2D eigenvalue weighted by molar-refractivity contribution is 7.99. The number of amides is 1. The second kappa shape index (κ2) is 9.86. The fraction of sp³-hybridized carbons (Fsp3) is 0.238. The van der Waals surface area contributed by atoms with Gasteiger partial charge in [0.2, 0.25) is 15.9 Å². The number of aromatic nitrogens is 2. The van der Waals surface area contributed by atoms with E-state index in [1.807, 2.05) is 37.3 Å². The molecular weight excluding hydrogens is 456 g/mol. The lowest BCUT2D eigenvalue weighted by Gasteiger charge is -2.14. The summed E-state index contributed by atoms with van der Waals surface area (Å²) in [7, 11) is -0.876. The Morgan fingerprint density at radius 1 is 1.19 bits per heavy atom. The van der Waals surface area contributed by atoms with Crippen LogP contribution in [-0.4, -0.2) is 48.4 Å². The Labute approximate surface area is 191 Å². The van der Waals surface area contributed by atoms with E-state index < -0.39 is 10.0 Å². The summed E-state index contributed by atoms with van der Waals surface area (Å²) in [6.45, 7) is 1.95. The Hall–Kier alpha value is -2.33. The largest absolute Gasteiger partial charge is 0.337 e. The summed E-state index contributed by atoms with van der Waals surface area (Å²) >= 11 is 7.32. The van der Waals surface area contributed by atoms with Gasteiger partial charge in [-0.3, -0.25) is 4.79 Å². The van der Waals surface area contributed by atoms with Gasteiger partial charge < -0.3 is 10.3 Å². The number of rotatable bonds is 8. The Morgan fingerprint density at radius 2 is 1.90 bits per heavy atom. The molecule has 0 spiro atoms. The van der Waals surface area contributed by atoms with Gasteiger partial charge in [0.1, 0.15) is 4.90 Å². The second-order valence-electron chi connectivity index (χ2n) is 7.05. The molecule has 0 saturated heterocycles. The van der Waals surface area contributed by atoms with E-state index in [0.717, 1.165) is 21.3 Å². The van der Waals surface area contributed by atoms with Crippen molar-refractivity contribution in [3.8, 4) is 0 Å². The van der Waals surface area contributed by atoms with E-state index in [1.165, 1.54) is 38.0 Å². The molecule has 0 aliphatic carbocycles. The van der Waals surface area contributed by atoms with Crippen LogP contribution in [0, 0.1) is 6.92 Å². The Kier molecular flexibility index (Phi) is 7.42. The fourth-order valence-electron chi connectivity index (χ4n) is 2.80. The number of thioether (sulfide) groups is 1. The van der Waals surface area contributed by atoms with Crippen LogP contribution >= 0.6 is 23.4 Å². The minimum absolute atomic E-state index is 0.0585. The molecule has 0 bridgehead atoms. The molecule has 0 fully saturated rings. The molecule has 10 heteroatoms. The Morgan fingerprint density at radius 3 is 2.58 bits per heavy atom. The molecule has 164 valence electrons. The zero-order chi connectivity index (χ0) is 22.6. The first kappa shape index (κ1) is 23.3. The van der Waals surface area contributed by atoms with Crippen LogP contribution in [0.2, 0.25) is 5.02 Å². The second-order valence-corrected chi connectivity index (χ2v) is 10.5. The molecule has 7 nitrogen and oxygen atoms in total. The average Bonchev–Trinajstić information content (AvgIpc) is 3.07. The lowest BCUT2D eigenvalue weighted by molar-refractivity contribution is -0.113. The quantitative estimate of drug-likeness (QED) is 0.478. The minimum atomic E-state index is -3.72. The molecule has 0 aliphatic heterocycles. The summed E-state index contributed by atoms with van der Waals surface area (Å²) < 4.78 is 25.8. The molecule has 3 aromatic rings. The summed E-state index contributed by atoms with van der Waals surface area (Å²) in [5.74, 6) is -0.157. The summed E-state index contributed by atoms with van der Waals surface area (Å²) in [4.78, 5) is 20.1. The van der Waals surface area contributed by atoms with Crippen LogP contribution in [0.25, 0.3) is 0 Å². The predicted molar refractivity (Wildman–Crippen MR) is 124 cm³/mol. The number of benzene rings is 2. The average molecular weight is 479 g/mol. The van der Waals surface area contributed by atoms with Gasteiger partial charge in [-0.05, 0) is 30.7 Å². The van der Waals surface area contributed by atoms with Crippen molar-refractivity contribution in [1.82, 2.24) is 14.3 Å². The molecule has 1 amide bonds. The van der Waals surface area contributed by atoms with Crippen LogP contribution in [-0.2, 0) is 21.2 Å². The van der Waals surface area contributed by atoms with E-state index in [1.54, 1.807) is 6.07 Å². The van der Waals surface area contributed by atoms with Gasteiger partial charge in [-0.2, -0.15) is 0 Å². The number of nitrogens with one attached hydrogen (secondary N) is 2. The first-order valence-corrected chi connectivity index (χ1v) is 12.2. The monoisotopic (exact) mass is 478 g/mol. The maximum Gasteiger partial charge on any atom is 0.244 e. The number of carbonyl (C=O) groups is 1. The van der Waals surface area contributed by atoms with Crippen molar-refractivity contribution in [2.45, 2.75) is 23.4 Å². The highest BCUT2D eigenvalue weighted by atomic mass is 35.5. The van der Waals surface area contributed by atoms with Gasteiger partial charge in [-0.25, -0.2) is 17.7 Å². The van der Waals surface area contributed by atoms with E-state index in [0.29, 0.717) is 17.3 Å². The smallest absolute Gasteiger partial charge is 0.244 e. The van der Waals surface area contributed by atoms with E-state index >= 15 is 0 Å². The SMILES string of the molecule is Cc1[nH]c(SCC(=O)Nc2ccc(Cl)c(S(=O)(=O)N(C)C)c2)nc1Cc1ccccc1. The van der Waals surface area contributed by atoms with Gasteiger partial charge in [-0.15, -0.1) is 0 Å². The number of anilines is 1. The first-order chi connectivity index (χ1) is 14.7. The maximum absolute atomic E-state index is 12.4. The molecule has 2 aromatic carbocycles. The van der Waals surface area contributed by atoms with Crippen LogP contribution in [0.15, 0.2) is 58.6 Å². The zero-order valence-corrected chi connectivity index (χ0v) is 19.7. The van der Waals surface area contributed by atoms with Crippen molar-refractivity contribution in [2.24, 2.45) is 0 Å². The molecular formula is C21H23ClN4O3S2. The number of hydrogen-bond acceptors (Lipinski definition) is 5. The van der Waals surface area contributed by atoms with Crippen molar-refractivity contribution in [2.75, 3.05) is 25.2 Å². The molecule has 1 aromatic heterocycles. The van der Waals surface area contributed by atoms with E-state index in [9.17, 15) is 13.2 Å². The lowest BCUT2D eigenvalue weighted by atomic mass is 10.1. The third kappa shape index (κ3) is 5.88. The Bertz CT molecular complexity index is 1180. The Balaban J connectivity index is 1.63. The number of halogens is 1. The van der Waals surface area contributed by atoms with Crippen LogP contribution < -0.4 is 5.32 Å². The maximum atomic E-state index is 12.4. The predicted octanol–water partition coefficient (Wildman–Crippen LogP) is 3.94. The first-order valence-electron chi connectivity index (χ1n) is 9.41. The van der Waals surface area contributed by atoms with Crippen molar-refractivity contribution in [1.29, 1.82) is 0 Å². The third-order valence-corrected chi connectivity index (χ3v) is 7.66. The van der Waals surface area contributed by atoms with Crippen LogP contribution in [0.5, 0.6) is 0 Å². The van der Waals surface area contributed by atoms with Crippen LogP contribution in [0.3, 0.4) is 0 Å². The highest BCUT2D eigenvalue weighted by Gasteiger charge is 2.21. The molecule has 0 aliphatic rings. The number of carbonyl (C=O) groups excluding carboxylic acids is 1. The van der Waals surface area contributed by atoms with E-state index in [4.69, 9.17) is 11.6 Å². The van der Waals surface area contributed by atoms with Crippen molar-refractivity contribution in [3.05, 3.63) is 70.5 Å². The van der Waals surface area contributed by atoms with E-state index in [2.05, 4.69) is 15.3 Å². The normalized spacial score (nSPS) is 11.6. The highest BCUT2D eigenvalue weighted by Crippen LogP contribution is 2.27. The van der Waals surface area contributed by atoms with Crippen LogP contribution in [0.1, 0.15) is 17.0 Å². The van der Waals surface area contributed by atoms with Crippen molar-refractivity contribution >= 4 is 45.0 Å². The molecule has 0 atom stereocenters. The molecule has 0 unspecified atom stereocenters. The van der Waals surface area contributed by atoms with Gasteiger partial charge in [0.15, 0.2) is 5.16 Å². The fourth-order valence-corrected chi connectivity index (χ4v) is 4.94. The number of H-pyrrole nitrogens is 1. The van der Waals surface area contributed by atoms with Crippen LogP contribution in [0.4, 0.5) is 5.69 Å². The number of hydrogen-bond donors (Lipinski definition) is 2. The van der Waals surface area contributed by atoms with Crippen molar-refractivity contribution in [3.63, 3.8) is 0 Å². The minimum Gasteiger partial charge on any atom is -0.337 e.